The zero-order valence-corrected chi connectivity index (χ0v) is 16.3. The second-order valence-electron chi connectivity index (χ2n) is 8.00. The van der Waals surface area contributed by atoms with E-state index in [1.54, 1.807) is 18.6 Å². The highest BCUT2D eigenvalue weighted by Crippen LogP contribution is 2.29. The fourth-order valence-electron chi connectivity index (χ4n) is 4.34. The molecule has 2 aliphatic rings. The van der Waals surface area contributed by atoms with E-state index in [1.807, 2.05) is 12.1 Å². The van der Waals surface area contributed by atoms with Crippen LogP contribution in [0.5, 0.6) is 0 Å². The summed E-state index contributed by atoms with van der Waals surface area (Å²) in [6, 6.07) is 9.57. The first-order valence-corrected chi connectivity index (χ1v) is 10.2. The minimum absolute atomic E-state index is 0.141. The summed E-state index contributed by atoms with van der Waals surface area (Å²) in [4.78, 5) is 26.2. The fourth-order valence-corrected chi connectivity index (χ4v) is 4.34. The fraction of sp³-hybridized carbons (Fsp3) is 0.545. The van der Waals surface area contributed by atoms with Gasteiger partial charge in [-0.2, -0.15) is 5.26 Å². The minimum atomic E-state index is -0.849. The standard InChI is InChI=1S/C22H29N4O2/c23-16-22(25-20(27)11-10-17-6-2-1-3-7-17)12-14-26(15-13-22)19-9-5-4-8-18(19)21(24)28/h4-5,8-9,11,17H,1-3,6-7,10,12-15H2,(H2,24,28)(H,25,27). The third-order valence-corrected chi connectivity index (χ3v) is 6.07. The van der Waals surface area contributed by atoms with Crippen LogP contribution in [-0.2, 0) is 4.79 Å². The molecular formula is C22H29N4O2. The van der Waals surface area contributed by atoms with E-state index in [4.69, 9.17) is 5.73 Å². The number of benzene rings is 1. The molecule has 28 heavy (non-hydrogen) atoms. The molecule has 6 nitrogen and oxygen atoms in total. The van der Waals surface area contributed by atoms with Gasteiger partial charge in [0.15, 0.2) is 0 Å². The van der Waals surface area contributed by atoms with E-state index in [0.29, 0.717) is 37.4 Å². The van der Waals surface area contributed by atoms with Crippen LogP contribution < -0.4 is 16.0 Å². The van der Waals surface area contributed by atoms with Crippen molar-refractivity contribution in [3.05, 3.63) is 36.2 Å². The van der Waals surface area contributed by atoms with E-state index in [9.17, 15) is 14.9 Å². The zero-order chi connectivity index (χ0) is 20.0. The Kier molecular flexibility index (Phi) is 6.56. The first-order chi connectivity index (χ1) is 13.5. The van der Waals surface area contributed by atoms with Gasteiger partial charge in [0.05, 0.1) is 11.6 Å². The van der Waals surface area contributed by atoms with Crippen LogP contribution in [0.25, 0.3) is 0 Å². The molecule has 1 aliphatic carbocycles. The summed E-state index contributed by atoms with van der Waals surface area (Å²) in [7, 11) is 0. The van der Waals surface area contributed by atoms with Gasteiger partial charge in [0, 0.05) is 38.0 Å². The second-order valence-corrected chi connectivity index (χ2v) is 8.00. The number of hydrogen-bond donors (Lipinski definition) is 2. The average Bonchev–Trinajstić information content (AvgIpc) is 2.73. The van der Waals surface area contributed by atoms with Gasteiger partial charge in [-0.1, -0.05) is 44.2 Å². The quantitative estimate of drug-likeness (QED) is 0.791. The summed E-state index contributed by atoms with van der Waals surface area (Å²) < 4.78 is 0. The molecule has 2 fully saturated rings. The van der Waals surface area contributed by atoms with Crippen LogP contribution in [0.4, 0.5) is 5.69 Å². The first-order valence-electron chi connectivity index (χ1n) is 10.2. The number of rotatable bonds is 6. The zero-order valence-electron chi connectivity index (χ0n) is 16.3. The molecular weight excluding hydrogens is 352 g/mol. The van der Waals surface area contributed by atoms with Crippen molar-refractivity contribution in [3.63, 3.8) is 0 Å². The molecule has 3 N–H and O–H groups in total. The molecule has 0 unspecified atom stereocenters. The van der Waals surface area contributed by atoms with Crippen LogP contribution in [0.15, 0.2) is 24.3 Å². The molecule has 1 aliphatic heterocycles. The van der Waals surface area contributed by atoms with Gasteiger partial charge in [0.1, 0.15) is 5.54 Å². The van der Waals surface area contributed by atoms with Crippen molar-refractivity contribution in [2.75, 3.05) is 18.0 Å². The number of nitrogens with one attached hydrogen (secondary N) is 1. The van der Waals surface area contributed by atoms with Crippen LogP contribution in [0.3, 0.4) is 0 Å². The lowest BCUT2D eigenvalue weighted by atomic mass is 9.85. The summed E-state index contributed by atoms with van der Waals surface area (Å²) >= 11 is 0. The van der Waals surface area contributed by atoms with E-state index < -0.39 is 11.4 Å². The summed E-state index contributed by atoms with van der Waals surface area (Å²) in [6.07, 6.45) is 9.75. The van der Waals surface area contributed by atoms with Crippen molar-refractivity contribution >= 4 is 17.5 Å². The molecule has 1 heterocycles. The predicted molar refractivity (Wildman–Crippen MR) is 108 cm³/mol. The normalized spacial score (nSPS) is 19.6. The molecule has 1 saturated carbocycles. The number of hydrogen-bond acceptors (Lipinski definition) is 4. The van der Waals surface area contributed by atoms with Gasteiger partial charge in [0.25, 0.3) is 5.91 Å². The molecule has 6 heteroatoms. The molecule has 0 spiro atoms. The third-order valence-electron chi connectivity index (χ3n) is 6.07. The Bertz CT molecular complexity index is 741. The molecule has 0 bridgehead atoms. The lowest BCUT2D eigenvalue weighted by molar-refractivity contribution is -0.119. The minimum Gasteiger partial charge on any atom is -0.371 e. The van der Waals surface area contributed by atoms with Gasteiger partial charge in [-0.3, -0.25) is 9.59 Å². The molecule has 2 amide bonds. The highest BCUT2D eigenvalue weighted by molar-refractivity contribution is 5.98. The molecule has 1 saturated heterocycles. The van der Waals surface area contributed by atoms with E-state index >= 15 is 0 Å². The predicted octanol–water partition coefficient (Wildman–Crippen LogP) is 2.94. The molecule has 0 atom stereocenters. The van der Waals surface area contributed by atoms with Crippen molar-refractivity contribution in [2.24, 2.45) is 11.7 Å². The summed E-state index contributed by atoms with van der Waals surface area (Å²) in [6.45, 7) is 1.17. The topological polar surface area (TPSA) is 99.2 Å². The number of nitrogens with zero attached hydrogens (tertiary/aromatic N) is 2. The summed E-state index contributed by atoms with van der Waals surface area (Å²) in [5, 5.41) is 12.7. The van der Waals surface area contributed by atoms with Crippen molar-refractivity contribution in [3.8, 4) is 6.07 Å². The van der Waals surface area contributed by atoms with Crippen LogP contribution >= 0.6 is 0 Å². The van der Waals surface area contributed by atoms with Gasteiger partial charge >= 0.3 is 0 Å². The molecule has 1 radical (unpaired) electrons. The number of nitriles is 1. The van der Waals surface area contributed by atoms with Crippen molar-refractivity contribution in [2.45, 2.75) is 56.9 Å². The number of carbonyl (C=O) groups excluding carboxylic acids is 2. The Hall–Kier alpha value is -2.55. The Labute approximate surface area is 167 Å². The van der Waals surface area contributed by atoms with Gasteiger partial charge in [0.2, 0.25) is 5.91 Å². The maximum Gasteiger partial charge on any atom is 0.250 e. The summed E-state index contributed by atoms with van der Waals surface area (Å²) in [5.74, 6) is 0.00105. The second kappa shape index (κ2) is 9.09. The molecule has 0 aromatic heterocycles. The van der Waals surface area contributed by atoms with Crippen LogP contribution in [0.1, 0.15) is 61.7 Å². The molecule has 1 aromatic carbocycles. The number of nitrogens with two attached hydrogens (primary N) is 1. The molecule has 1 aromatic rings. The number of carbonyl (C=O) groups is 2. The van der Waals surface area contributed by atoms with Crippen LogP contribution in [0.2, 0.25) is 0 Å². The van der Waals surface area contributed by atoms with E-state index in [0.717, 1.165) is 12.1 Å². The van der Waals surface area contributed by atoms with Gasteiger partial charge in [-0.05, 0) is 24.5 Å². The van der Waals surface area contributed by atoms with Crippen LogP contribution in [0, 0.1) is 23.7 Å². The maximum atomic E-state index is 12.4. The van der Waals surface area contributed by atoms with E-state index in [1.165, 1.54) is 32.1 Å². The SMILES string of the molecule is N#CC1(NC(=O)[CH]CC2CCCCC2)CCN(c2ccccc2C(N)=O)CC1. The highest BCUT2D eigenvalue weighted by atomic mass is 16.2. The van der Waals surface area contributed by atoms with Crippen molar-refractivity contribution < 1.29 is 9.59 Å². The number of piperidine rings is 1. The van der Waals surface area contributed by atoms with Gasteiger partial charge < -0.3 is 16.0 Å². The van der Waals surface area contributed by atoms with E-state index in [2.05, 4.69) is 16.3 Å². The van der Waals surface area contributed by atoms with Gasteiger partial charge in [-0.15, -0.1) is 0 Å². The Balaban J connectivity index is 1.55. The average molecular weight is 382 g/mol. The van der Waals surface area contributed by atoms with Gasteiger partial charge in [-0.25, -0.2) is 0 Å². The monoisotopic (exact) mass is 381 g/mol. The largest absolute Gasteiger partial charge is 0.371 e. The van der Waals surface area contributed by atoms with Crippen molar-refractivity contribution in [1.82, 2.24) is 5.32 Å². The Morgan fingerprint density at radius 3 is 2.54 bits per heavy atom. The Morgan fingerprint density at radius 1 is 1.21 bits per heavy atom. The molecule has 3 rings (SSSR count). The lowest BCUT2D eigenvalue weighted by Gasteiger charge is -2.39. The smallest absolute Gasteiger partial charge is 0.250 e. The Morgan fingerprint density at radius 2 is 1.89 bits per heavy atom. The highest BCUT2D eigenvalue weighted by Gasteiger charge is 2.37. The number of anilines is 1. The molecule has 149 valence electrons. The van der Waals surface area contributed by atoms with Crippen LogP contribution in [-0.4, -0.2) is 30.4 Å². The third kappa shape index (κ3) is 4.83. The number of para-hydroxylation sites is 1. The lowest BCUT2D eigenvalue weighted by Crippen LogP contribution is -2.54. The first kappa shape index (κ1) is 20.2. The summed E-state index contributed by atoms with van der Waals surface area (Å²) in [5.41, 5.74) is 5.91. The van der Waals surface area contributed by atoms with Crippen molar-refractivity contribution in [1.29, 1.82) is 5.26 Å². The maximum absolute atomic E-state index is 12.4. The number of amides is 2. The number of primary amides is 1. The van der Waals surface area contributed by atoms with E-state index in [-0.39, 0.29) is 5.91 Å².